The van der Waals surface area contributed by atoms with Gasteiger partial charge >= 0.3 is 6.09 Å². The van der Waals surface area contributed by atoms with Gasteiger partial charge in [0.2, 0.25) is 0 Å². The van der Waals surface area contributed by atoms with E-state index < -0.39 is 0 Å². The second-order valence-electron chi connectivity index (χ2n) is 7.12. The summed E-state index contributed by atoms with van der Waals surface area (Å²) in [5.41, 5.74) is 6.91. The summed E-state index contributed by atoms with van der Waals surface area (Å²) in [6, 6.07) is 20.0. The van der Waals surface area contributed by atoms with Gasteiger partial charge in [0.25, 0.3) is 0 Å². The third-order valence-corrected chi connectivity index (χ3v) is 5.62. The highest BCUT2D eigenvalue weighted by atomic mass is 35.5. The van der Waals surface area contributed by atoms with Crippen molar-refractivity contribution in [2.45, 2.75) is 37.8 Å². The number of hydrogen-bond acceptors (Lipinski definition) is 3. The molecule has 1 aliphatic carbocycles. The lowest BCUT2D eigenvalue weighted by molar-refractivity contribution is 0.124. The minimum Gasteiger partial charge on any atom is -0.447 e. The molecular weight excluding hydrogens is 360 g/mol. The number of nitrogens with zero attached hydrogens (tertiary/aromatic N) is 1. The van der Waals surface area contributed by atoms with Gasteiger partial charge in [0.15, 0.2) is 0 Å². The van der Waals surface area contributed by atoms with Crippen LogP contribution in [-0.4, -0.2) is 30.2 Å². The molecule has 144 valence electrons. The van der Waals surface area contributed by atoms with Crippen molar-refractivity contribution in [3.05, 3.63) is 71.2 Å². The first kappa shape index (κ1) is 19.7. The fourth-order valence-corrected chi connectivity index (χ4v) is 3.99. The zero-order valence-electron chi connectivity index (χ0n) is 15.5. The van der Waals surface area contributed by atoms with Crippen molar-refractivity contribution in [1.29, 1.82) is 0 Å². The van der Waals surface area contributed by atoms with Crippen molar-refractivity contribution >= 4 is 17.7 Å². The predicted octanol–water partition coefficient (Wildman–Crippen LogP) is 5.04. The summed E-state index contributed by atoms with van der Waals surface area (Å²) >= 11 is 5.54. The molecule has 4 rings (SSSR count). The van der Waals surface area contributed by atoms with Gasteiger partial charge in [-0.05, 0) is 55.8 Å². The Hall–Kier alpha value is -2.04. The minimum absolute atomic E-state index is 0.0723. The number of nitrogens with two attached hydrogens (primary N) is 1. The van der Waals surface area contributed by atoms with E-state index in [0.29, 0.717) is 18.6 Å². The van der Waals surface area contributed by atoms with Crippen molar-refractivity contribution < 1.29 is 9.53 Å². The zero-order valence-corrected chi connectivity index (χ0v) is 16.2. The molecule has 1 heterocycles. The SMILES string of the molecule is Clc1ccccc1.NCC1CCC(N2C(=O)OC[C@@H]2c2ccccc2)CC1. The quantitative estimate of drug-likeness (QED) is 0.804. The summed E-state index contributed by atoms with van der Waals surface area (Å²) in [4.78, 5) is 14.0. The van der Waals surface area contributed by atoms with Crippen LogP contribution in [0.25, 0.3) is 0 Å². The van der Waals surface area contributed by atoms with Crippen LogP contribution in [0.3, 0.4) is 0 Å². The van der Waals surface area contributed by atoms with Crippen LogP contribution in [0.1, 0.15) is 37.3 Å². The van der Waals surface area contributed by atoms with E-state index in [1.165, 1.54) is 5.56 Å². The number of hydrogen-bond donors (Lipinski definition) is 1. The Morgan fingerprint density at radius 2 is 1.56 bits per heavy atom. The van der Waals surface area contributed by atoms with Crippen LogP contribution in [0, 0.1) is 5.92 Å². The van der Waals surface area contributed by atoms with E-state index in [-0.39, 0.29) is 12.1 Å². The molecule has 1 saturated heterocycles. The van der Waals surface area contributed by atoms with Crippen LogP contribution >= 0.6 is 11.6 Å². The Morgan fingerprint density at radius 1 is 0.963 bits per heavy atom. The second kappa shape index (κ2) is 9.77. The summed E-state index contributed by atoms with van der Waals surface area (Å²) in [7, 11) is 0. The third kappa shape index (κ3) is 5.24. The molecule has 2 N–H and O–H groups in total. The molecule has 0 radical (unpaired) electrons. The van der Waals surface area contributed by atoms with E-state index in [1.807, 2.05) is 53.4 Å². The van der Waals surface area contributed by atoms with E-state index in [4.69, 9.17) is 22.1 Å². The van der Waals surface area contributed by atoms with Gasteiger partial charge in [0.1, 0.15) is 6.61 Å². The molecule has 1 aliphatic heterocycles. The largest absolute Gasteiger partial charge is 0.447 e. The topological polar surface area (TPSA) is 55.6 Å². The molecule has 0 aromatic heterocycles. The van der Waals surface area contributed by atoms with Crippen LogP contribution in [0.2, 0.25) is 5.02 Å². The summed E-state index contributed by atoms with van der Waals surface area (Å²) in [6.07, 6.45) is 4.16. The first-order valence-electron chi connectivity index (χ1n) is 9.59. The highest BCUT2D eigenvalue weighted by Gasteiger charge is 2.40. The van der Waals surface area contributed by atoms with Crippen LogP contribution in [-0.2, 0) is 4.74 Å². The van der Waals surface area contributed by atoms with Crippen molar-refractivity contribution in [1.82, 2.24) is 4.90 Å². The lowest BCUT2D eigenvalue weighted by Gasteiger charge is -2.35. The fraction of sp³-hybridized carbons (Fsp3) is 0.409. The summed E-state index contributed by atoms with van der Waals surface area (Å²) in [5, 5.41) is 0.794. The van der Waals surface area contributed by atoms with E-state index in [2.05, 4.69) is 12.1 Å². The third-order valence-electron chi connectivity index (χ3n) is 5.37. The van der Waals surface area contributed by atoms with Crippen molar-refractivity contribution in [2.75, 3.05) is 13.2 Å². The molecule has 5 heteroatoms. The molecule has 1 saturated carbocycles. The average Bonchev–Trinajstić information content (AvgIpc) is 3.11. The van der Waals surface area contributed by atoms with Gasteiger partial charge in [-0.1, -0.05) is 60.1 Å². The van der Waals surface area contributed by atoms with E-state index in [0.717, 1.165) is 37.3 Å². The number of cyclic esters (lactones) is 1. The first-order chi connectivity index (χ1) is 13.2. The lowest BCUT2D eigenvalue weighted by atomic mass is 9.85. The van der Waals surface area contributed by atoms with Crippen molar-refractivity contribution in [3.63, 3.8) is 0 Å². The van der Waals surface area contributed by atoms with Gasteiger partial charge < -0.3 is 10.5 Å². The summed E-state index contributed by atoms with van der Waals surface area (Å²) < 4.78 is 5.30. The highest BCUT2D eigenvalue weighted by Crippen LogP contribution is 2.36. The van der Waals surface area contributed by atoms with Gasteiger partial charge in [-0.2, -0.15) is 0 Å². The van der Waals surface area contributed by atoms with Crippen molar-refractivity contribution in [3.8, 4) is 0 Å². The average molecular weight is 387 g/mol. The van der Waals surface area contributed by atoms with Crippen LogP contribution in [0.4, 0.5) is 4.79 Å². The first-order valence-corrected chi connectivity index (χ1v) is 9.97. The number of benzene rings is 2. The van der Waals surface area contributed by atoms with E-state index in [9.17, 15) is 4.79 Å². The molecule has 0 bridgehead atoms. The normalized spacial score (nSPS) is 24.7. The van der Waals surface area contributed by atoms with Gasteiger partial charge in [0, 0.05) is 11.1 Å². The molecule has 2 aromatic carbocycles. The monoisotopic (exact) mass is 386 g/mol. The highest BCUT2D eigenvalue weighted by molar-refractivity contribution is 6.30. The molecule has 2 fully saturated rings. The summed E-state index contributed by atoms with van der Waals surface area (Å²) in [5.74, 6) is 0.625. The molecule has 27 heavy (non-hydrogen) atoms. The van der Waals surface area contributed by atoms with Crippen LogP contribution < -0.4 is 5.73 Å². The van der Waals surface area contributed by atoms with Crippen LogP contribution in [0.15, 0.2) is 60.7 Å². The molecular formula is C22H27ClN2O2. The predicted molar refractivity (Wildman–Crippen MR) is 109 cm³/mol. The second-order valence-corrected chi connectivity index (χ2v) is 7.55. The maximum atomic E-state index is 12.1. The standard InChI is InChI=1S/C16H22N2O2.C6H5Cl/c17-10-12-6-8-14(9-7-12)18-15(11-20-16(18)19)13-4-2-1-3-5-13;7-6-4-2-1-3-5-6/h1-5,12,14-15H,6-11,17H2;1-5H/t12?,14?,15-;/m1./s1. The number of ether oxygens (including phenoxy) is 1. The molecule has 0 spiro atoms. The number of carbonyl (C=O) groups is 1. The Labute approximate surface area is 166 Å². The van der Waals surface area contributed by atoms with E-state index in [1.54, 1.807) is 0 Å². The van der Waals surface area contributed by atoms with Crippen LogP contribution in [0.5, 0.6) is 0 Å². The number of amides is 1. The molecule has 1 atom stereocenters. The maximum Gasteiger partial charge on any atom is 0.410 e. The molecule has 4 nitrogen and oxygen atoms in total. The molecule has 1 amide bonds. The van der Waals surface area contributed by atoms with Gasteiger partial charge in [-0.15, -0.1) is 0 Å². The Bertz CT molecular complexity index is 703. The maximum absolute atomic E-state index is 12.1. The Kier molecular flexibility index (Phi) is 7.13. The number of rotatable bonds is 3. The molecule has 0 unspecified atom stereocenters. The number of halogens is 1. The lowest BCUT2D eigenvalue weighted by Crippen LogP contribution is -2.41. The van der Waals surface area contributed by atoms with Gasteiger partial charge in [0.05, 0.1) is 6.04 Å². The molecule has 2 aromatic rings. The van der Waals surface area contributed by atoms with Gasteiger partial charge in [-0.25, -0.2) is 4.79 Å². The minimum atomic E-state index is -0.157. The Morgan fingerprint density at radius 3 is 2.07 bits per heavy atom. The van der Waals surface area contributed by atoms with Gasteiger partial charge in [-0.3, -0.25) is 4.90 Å². The Balaban J connectivity index is 0.000000253. The summed E-state index contributed by atoms with van der Waals surface area (Å²) in [6.45, 7) is 1.24. The van der Waals surface area contributed by atoms with E-state index >= 15 is 0 Å². The smallest absolute Gasteiger partial charge is 0.410 e. The molecule has 2 aliphatic rings. The zero-order chi connectivity index (χ0) is 19.1. The number of carbonyl (C=O) groups excluding carboxylic acids is 1. The fourth-order valence-electron chi connectivity index (χ4n) is 3.84. The van der Waals surface area contributed by atoms with Crippen molar-refractivity contribution in [2.24, 2.45) is 11.7 Å².